The number of para-hydroxylation sites is 6. The fraction of sp³-hybridized carbons (Fsp3) is 0.0455. The first kappa shape index (κ1) is 54.4. The van der Waals surface area contributed by atoms with Crippen LogP contribution in [0.15, 0.2) is 325 Å². The van der Waals surface area contributed by atoms with Crippen molar-refractivity contribution >= 4 is 117 Å². The highest BCUT2D eigenvalue weighted by atomic mass is 32.2. The molecule has 94 heavy (non-hydrogen) atoms. The molecule has 3 aromatic heterocycles. The maximum absolute atomic E-state index is 2.71. The molecule has 2 aliphatic rings. The van der Waals surface area contributed by atoms with Gasteiger partial charge in [0, 0.05) is 81.7 Å². The topological polar surface area (TPSA) is 18.0 Å². The SMILES string of the molecule is CC(C)(C)c1cc(-c2ccccc2)c(N2c3cc(-c4ccc5c(c4)c4ccccc4n5-c4ccccc4)ccc3B3c4ccc5c(c4Sc4cc(-c6ccc7c(c6)c6ccccc6n7-c6ccccc6)cc2c43)c2ccccc2n5-c2ccccc2)c(-c2ccccc2)c1. The summed E-state index contributed by atoms with van der Waals surface area (Å²) in [5.74, 6) is 0. The van der Waals surface area contributed by atoms with Gasteiger partial charge >= 0.3 is 0 Å². The molecule has 2 aliphatic heterocycles. The second-order valence-corrected chi connectivity index (χ2v) is 27.4. The summed E-state index contributed by atoms with van der Waals surface area (Å²) in [5, 5.41) is 7.45. The minimum absolute atomic E-state index is 0.120. The fourth-order valence-electron chi connectivity index (χ4n) is 15.7. The zero-order valence-electron chi connectivity index (χ0n) is 52.3. The van der Waals surface area contributed by atoms with E-state index in [1.165, 1.54) is 142 Å². The van der Waals surface area contributed by atoms with Crippen LogP contribution in [0, 0.1) is 0 Å². The van der Waals surface area contributed by atoms with Gasteiger partial charge in [0.1, 0.15) is 0 Å². The standard InChI is InChI=1S/C88H61BN4S/c1-88(2,3)62-54-69(56-25-9-4-10-26-56)86(70(55-62)57-27-11-5-12-28-57)93-81-51-60(58-42-46-78-71(49-58)66-35-19-22-38-75(66)90(78)63-29-13-6-14-30-63)41-44-73(81)89-74-45-48-80-84(68-37-21-24-40-77(68)92(80)65-33-17-8-18-34-65)87(74)94-83-53-61(52-82(93)85(83)89)59-43-47-79-72(50-59)67-36-20-23-39-76(67)91(79)64-31-15-7-16-32-64/h4-55H,1-3H3. The van der Waals surface area contributed by atoms with Crippen molar-refractivity contribution in [2.75, 3.05) is 4.90 Å². The number of anilines is 3. The lowest BCUT2D eigenvalue weighted by Crippen LogP contribution is -2.60. The first-order valence-electron chi connectivity index (χ1n) is 32.7. The van der Waals surface area contributed by atoms with Gasteiger partial charge in [0.2, 0.25) is 6.71 Å². The van der Waals surface area contributed by atoms with E-state index in [0.717, 1.165) is 34.0 Å². The highest BCUT2D eigenvalue weighted by Crippen LogP contribution is 2.53. The smallest absolute Gasteiger partial charge is 0.249 e. The molecule has 14 aromatic carbocycles. The minimum atomic E-state index is -0.164. The maximum Gasteiger partial charge on any atom is 0.249 e. The zero-order chi connectivity index (χ0) is 62.3. The Labute approximate surface area is 551 Å². The molecule has 4 nitrogen and oxygen atoms in total. The summed E-state index contributed by atoms with van der Waals surface area (Å²) in [6, 6.07) is 118. The van der Waals surface area contributed by atoms with Crippen LogP contribution in [-0.2, 0) is 5.41 Å². The van der Waals surface area contributed by atoms with E-state index in [4.69, 9.17) is 0 Å². The van der Waals surface area contributed by atoms with Crippen molar-refractivity contribution in [1.29, 1.82) is 0 Å². The van der Waals surface area contributed by atoms with Crippen LogP contribution in [0.25, 0.3) is 127 Å². The van der Waals surface area contributed by atoms with Crippen LogP contribution in [0.1, 0.15) is 26.3 Å². The molecule has 0 aliphatic carbocycles. The van der Waals surface area contributed by atoms with Gasteiger partial charge in [-0.3, -0.25) is 0 Å². The third-order valence-corrected chi connectivity index (χ3v) is 21.2. The Hall–Kier alpha value is -11.3. The number of hydrogen-bond acceptors (Lipinski definition) is 2. The van der Waals surface area contributed by atoms with E-state index < -0.39 is 0 Å². The molecule has 0 amide bonds. The van der Waals surface area contributed by atoms with Gasteiger partial charge in [-0.05, 0) is 171 Å². The summed E-state index contributed by atoms with van der Waals surface area (Å²) in [7, 11) is 0. The zero-order valence-corrected chi connectivity index (χ0v) is 53.1. The minimum Gasteiger partial charge on any atom is -0.310 e. The maximum atomic E-state index is 2.71. The number of rotatable bonds is 8. The van der Waals surface area contributed by atoms with Gasteiger partial charge in [0.25, 0.3) is 0 Å². The molecule has 0 bridgehead atoms. The lowest BCUT2D eigenvalue weighted by Gasteiger charge is -2.42. The van der Waals surface area contributed by atoms with E-state index in [2.05, 4.69) is 355 Å². The van der Waals surface area contributed by atoms with Crippen molar-refractivity contribution in [1.82, 2.24) is 13.7 Å². The van der Waals surface area contributed by atoms with Crippen LogP contribution >= 0.6 is 11.8 Å². The molecule has 19 rings (SSSR count). The highest BCUT2D eigenvalue weighted by molar-refractivity contribution is 8.00. The lowest BCUT2D eigenvalue weighted by atomic mass is 9.34. The van der Waals surface area contributed by atoms with E-state index in [9.17, 15) is 0 Å². The van der Waals surface area contributed by atoms with Crippen molar-refractivity contribution < 1.29 is 0 Å². The molecular weight excluding hydrogens is 1160 g/mol. The molecule has 0 saturated carbocycles. The third kappa shape index (κ3) is 8.35. The Bertz CT molecular complexity index is 5860. The van der Waals surface area contributed by atoms with Crippen molar-refractivity contribution in [3.8, 4) is 61.6 Å². The van der Waals surface area contributed by atoms with Gasteiger partial charge in [-0.1, -0.05) is 238 Å². The summed E-state index contributed by atoms with van der Waals surface area (Å²) in [5.41, 5.74) is 28.5. The van der Waals surface area contributed by atoms with E-state index >= 15 is 0 Å². The molecule has 0 radical (unpaired) electrons. The molecule has 0 atom stereocenters. The largest absolute Gasteiger partial charge is 0.310 e. The fourth-order valence-corrected chi connectivity index (χ4v) is 17.1. The second-order valence-electron chi connectivity index (χ2n) is 26.4. The van der Waals surface area contributed by atoms with Gasteiger partial charge in [-0.15, -0.1) is 0 Å². The Morgan fingerprint density at radius 3 is 1.24 bits per heavy atom. The summed E-state index contributed by atoms with van der Waals surface area (Å²) in [6.07, 6.45) is 0. The molecule has 6 heteroatoms. The van der Waals surface area contributed by atoms with E-state index in [1.807, 2.05) is 11.8 Å². The predicted molar refractivity (Wildman–Crippen MR) is 400 cm³/mol. The van der Waals surface area contributed by atoms with E-state index in [1.54, 1.807) is 0 Å². The summed E-state index contributed by atoms with van der Waals surface area (Å²) >= 11 is 1.95. The van der Waals surface area contributed by atoms with Gasteiger partial charge in [-0.2, -0.15) is 0 Å². The first-order valence-corrected chi connectivity index (χ1v) is 33.5. The third-order valence-electron chi connectivity index (χ3n) is 20.0. The molecule has 5 heterocycles. The number of nitrogens with zero attached hydrogens (tertiary/aromatic N) is 4. The average Bonchev–Trinajstić information content (AvgIpc) is 1.00. The quantitative estimate of drug-likeness (QED) is 0.141. The van der Waals surface area contributed by atoms with E-state index in [-0.39, 0.29) is 12.1 Å². The Balaban J connectivity index is 0.936. The average molecular weight is 1220 g/mol. The van der Waals surface area contributed by atoms with Crippen molar-refractivity contribution in [3.05, 3.63) is 321 Å². The molecule has 0 spiro atoms. The van der Waals surface area contributed by atoms with Crippen LogP contribution < -0.4 is 21.3 Å². The van der Waals surface area contributed by atoms with Gasteiger partial charge in [0.05, 0.1) is 38.8 Å². The number of aromatic nitrogens is 3. The Kier molecular flexibility index (Phi) is 12.2. The predicted octanol–water partition coefficient (Wildman–Crippen LogP) is 21.7. The monoisotopic (exact) mass is 1220 g/mol. The molecular formula is C88H61BN4S. The molecule has 0 N–H and O–H groups in total. The van der Waals surface area contributed by atoms with Crippen LogP contribution in [0.3, 0.4) is 0 Å². The van der Waals surface area contributed by atoms with Crippen molar-refractivity contribution in [2.45, 2.75) is 36.0 Å². The summed E-state index contributed by atoms with van der Waals surface area (Å²) in [6.45, 7) is 6.93. The van der Waals surface area contributed by atoms with Gasteiger partial charge in [0.15, 0.2) is 0 Å². The molecule has 0 saturated heterocycles. The normalized spacial score (nSPS) is 12.8. The van der Waals surface area contributed by atoms with Crippen LogP contribution in [-0.4, -0.2) is 20.4 Å². The molecule has 0 unspecified atom stereocenters. The Morgan fingerprint density at radius 1 is 0.309 bits per heavy atom. The summed E-state index contributed by atoms with van der Waals surface area (Å²) in [4.78, 5) is 5.27. The molecule has 442 valence electrons. The Morgan fingerprint density at radius 2 is 0.713 bits per heavy atom. The lowest BCUT2D eigenvalue weighted by molar-refractivity contribution is 0.591. The van der Waals surface area contributed by atoms with Crippen molar-refractivity contribution in [3.63, 3.8) is 0 Å². The number of hydrogen-bond donors (Lipinski definition) is 0. The van der Waals surface area contributed by atoms with Crippen molar-refractivity contribution in [2.24, 2.45) is 0 Å². The van der Waals surface area contributed by atoms with Crippen LogP contribution in [0.4, 0.5) is 17.1 Å². The number of fused-ring (bicyclic) bond motifs is 14. The van der Waals surface area contributed by atoms with Crippen LogP contribution in [0.5, 0.6) is 0 Å². The van der Waals surface area contributed by atoms with Gasteiger partial charge < -0.3 is 18.6 Å². The van der Waals surface area contributed by atoms with E-state index in [0.29, 0.717) is 0 Å². The van der Waals surface area contributed by atoms with Gasteiger partial charge in [-0.25, -0.2) is 0 Å². The molecule has 17 aromatic rings. The first-order chi connectivity index (χ1) is 46.3. The molecule has 0 fully saturated rings. The van der Waals surface area contributed by atoms with Crippen LogP contribution in [0.2, 0.25) is 0 Å². The summed E-state index contributed by atoms with van der Waals surface area (Å²) < 4.78 is 7.31. The highest BCUT2D eigenvalue weighted by Gasteiger charge is 2.44. The number of benzene rings is 14. The second kappa shape index (κ2) is 21.1.